The van der Waals surface area contributed by atoms with Crippen LogP contribution < -0.4 is 5.73 Å². The minimum Gasteiger partial charge on any atom is -0.383 e. The lowest BCUT2D eigenvalue weighted by Gasteiger charge is -2.34. The van der Waals surface area contributed by atoms with Crippen LogP contribution in [0.2, 0.25) is 0 Å². The van der Waals surface area contributed by atoms with Gasteiger partial charge in [-0.3, -0.25) is 4.79 Å². The van der Waals surface area contributed by atoms with Gasteiger partial charge in [-0.15, -0.1) is 11.3 Å². The summed E-state index contributed by atoms with van der Waals surface area (Å²) in [7, 11) is 0. The number of alkyl halides is 1. The van der Waals surface area contributed by atoms with Crippen LogP contribution >= 0.6 is 11.3 Å². The SMILES string of the molecule is Cc1nc(N)c2c(C)c(C(=O)N3CC(F)C3)sc2n1. The first-order valence-corrected chi connectivity index (χ1v) is 6.75. The highest BCUT2D eigenvalue weighted by atomic mass is 32.1. The monoisotopic (exact) mass is 280 g/mol. The maximum atomic E-state index is 12.8. The van der Waals surface area contributed by atoms with Crippen molar-refractivity contribution in [2.75, 3.05) is 18.8 Å². The Hall–Kier alpha value is -1.76. The van der Waals surface area contributed by atoms with Gasteiger partial charge < -0.3 is 10.6 Å². The van der Waals surface area contributed by atoms with Crippen LogP contribution in [0.25, 0.3) is 10.2 Å². The van der Waals surface area contributed by atoms with Crippen LogP contribution in [-0.4, -0.2) is 40.0 Å². The summed E-state index contributed by atoms with van der Waals surface area (Å²) in [6.07, 6.45) is -0.897. The number of halogens is 1. The van der Waals surface area contributed by atoms with Crippen molar-refractivity contribution in [1.82, 2.24) is 14.9 Å². The molecule has 19 heavy (non-hydrogen) atoms. The van der Waals surface area contributed by atoms with Gasteiger partial charge in [-0.2, -0.15) is 0 Å². The first-order chi connectivity index (χ1) is 8.97. The van der Waals surface area contributed by atoms with Crippen molar-refractivity contribution in [3.8, 4) is 0 Å². The second kappa shape index (κ2) is 4.12. The molecule has 0 aromatic carbocycles. The average Bonchev–Trinajstić information content (AvgIpc) is 2.61. The van der Waals surface area contributed by atoms with E-state index in [4.69, 9.17) is 5.73 Å². The fourth-order valence-electron chi connectivity index (χ4n) is 2.22. The van der Waals surface area contributed by atoms with Crippen molar-refractivity contribution in [2.45, 2.75) is 20.0 Å². The molecule has 2 N–H and O–H groups in total. The summed E-state index contributed by atoms with van der Waals surface area (Å²) in [5.74, 6) is 0.826. The van der Waals surface area contributed by atoms with E-state index in [0.717, 1.165) is 10.9 Å². The molecule has 1 aliphatic heterocycles. The summed E-state index contributed by atoms with van der Waals surface area (Å²) in [6, 6.07) is 0. The average molecular weight is 280 g/mol. The number of rotatable bonds is 1. The third-order valence-corrected chi connectivity index (χ3v) is 4.42. The van der Waals surface area contributed by atoms with Gasteiger partial charge in [-0.1, -0.05) is 0 Å². The molecule has 0 radical (unpaired) electrons. The van der Waals surface area contributed by atoms with Crippen molar-refractivity contribution in [3.05, 3.63) is 16.3 Å². The number of amides is 1. The molecule has 2 aromatic rings. The normalized spacial score (nSPS) is 15.8. The zero-order valence-corrected chi connectivity index (χ0v) is 11.4. The fraction of sp³-hybridized carbons (Fsp3) is 0.417. The molecule has 0 saturated carbocycles. The van der Waals surface area contributed by atoms with Gasteiger partial charge in [-0.25, -0.2) is 14.4 Å². The topological polar surface area (TPSA) is 72.1 Å². The van der Waals surface area contributed by atoms with Crippen LogP contribution in [0.5, 0.6) is 0 Å². The number of thiophene rings is 1. The van der Waals surface area contributed by atoms with Gasteiger partial charge in [0.1, 0.15) is 22.6 Å². The molecule has 7 heteroatoms. The number of aryl methyl sites for hydroxylation is 2. The van der Waals surface area contributed by atoms with Crippen molar-refractivity contribution in [2.24, 2.45) is 0 Å². The van der Waals surface area contributed by atoms with E-state index >= 15 is 0 Å². The highest BCUT2D eigenvalue weighted by Crippen LogP contribution is 2.34. The van der Waals surface area contributed by atoms with E-state index in [1.54, 1.807) is 6.92 Å². The molecule has 1 saturated heterocycles. The van der Waals surface area contributed by atoms with E-state index in [0.29, 0.717) is 21.3 Å². The summed E-state index contributed by atoms with van der Waals surface area (Å²) in [5, 5.41) is 0.733. The standard InChI is InChI=1S/C12H13FN4OS/c1-5-8-10(14)15-6(2)16-11(8)19-9(5)12(18)17-3-7(13)4-17/h7H,3-4H2,1-2H3,(H2,14,15,16). The Kier molecular flexibility index (Phi) is 2.67. The van der Waals surface area contributed by atoms with Gasteiger partial charge in [0.15, 0.2) is 0 Å². The third-order valence-electron chi connectivity index (χ3n) is 3.25. The number of aromatic nitrogens is 2. The number of fused-ring (bicyclic) bond motifs is 1. The Morgan fingerprint density at radius 3 is 2.74 bits per heavy atom. The van der Waals surface area contributed by atoms with Crippen LogP contribution in [0.3, 0.4) is 0 Å². The lowest BCUT2D eigenvalue weighted by molar-refractivity contribution is 0.0404. The minimum atomic E-state index is -0.897. The van der Waals surface area contributed by atoms with Crippen molar-refractivity contribution in [3.63, 3.8) is 0 Å². The lowest BCUT2D eigenvalue weighted by Crippen LogP contribution is -2.51. The Balaban J connectivity index is 2.07. The van der Waals surface area contributed by atoms with Gasteiger partial charge in [-0.05, 0) is 19.4 Å². The van der Waals surface area contributed by atoms with Crippen LogP contribution in [0.15, 0.2) is 0 Å². The van der Waals surface area contributed by atoms with Gasteiger partial charge >= 0.3 is 0 Å². The Bertz CT molecular complexity index is 678. The molecule has 3 heterocycles. The Morgan fingerprint density at radius 2 is 2.11 bits per heavy atom. The predicted molar refractivity (Wildman–Crippen MR) is 72.1 cm³/mol. The number of nitrogens with zero attached hydrogens (tertiary/aromatic N) is 3. The zero-order chi connectivity index (χ0) is 13.7. The number of likely N-dealkylation sites (tertiary alicyclic amines) is 1. The highest BCUT2D eigenvalue weighted by molar-refractivity contribution is 7.20. The fourth-order valence-corrected chi connectivity index (χ4v) is 3.42. The van der Waals surface area contributed by atoms with E-state index in [1.165, 1.54) is 16.2 Å². The molecular formula is C12H13FN4OS. The predicted octanol–water partition coefficient (Wildman–Crippen LogP) is 1.68. The van der Waals surface area contributed by atoms with Gasteiger partial charge in [0.25, 0.3) is 5.91 Å². The summed E-state index contributed by atoms with van der Waals surface area (Å²) < 4.78 is 12.8. The van der Waals surface area contributed by atoms with Crippen LogP contribution in [-0.2, 0) is 0 Å². The smallest absolute Gasteiger partial charge is 0.264 e. The van der Waals surface area contributed by atoms with E-state index < -0.39 is 6.17 Å². The van der Waals surface area contributed by atoms with E-state index in [2.05, 4.69) is 9.97 Å². The van der Waals surface area contributed by atoms with Crippen molar-refractivity contribution >= 4 is 33.3 Å². The number of nitrogens with two attached hydrogens (primary N) is 1. The molecule has 3 rings (SSSR count). The summed E-state index contributed by atoms with van der Waals surface area (Å²) in [5.41, 5.74) is 6.67. The van der Waals surface area contributed by atoms with Crippen molar-refractivity contribution < 1.29 is 9.18 Å². The molecule has 0 atom stereocenters. The molecule has 0 unspecified atom stereocenters. The molecular weight excluding hydrogens is 267 g/mol. The molecule has 1 aliphatic rings. The molecule has 2 aromatic heterocycles. The number of hydrogen-bond acceptors (Lipinski definition) is 5. The number of carbonyl (C=O) groups is 1. The molecule has 0 bridgehead atoms. The summed E-state index contributed by atoms with van der Waals surface area (Å²) >= 11 is 1.29. The summed E-state index contributed by atoms with van der Waals surface area (Å²) in [4.78, 5) is 23.4. The van der Waals surface area contributed by atoms with E-state index in [1.807, 2.05) is 6.92 Å². The Morgan fingerprint density at radius 1 is 1.42 bits per heavy atom. The molecule has 1 amide bonds. The largest absolute Gasteiger partial charge is 0.383 e. The second-order valence-corrected chi connectivity index (χ2v) is 5.70. The maximum absolute atomic E-state index is 12.8. The minimum absolute atomic E-state index is 0.147. The Labute approximate surface area is 113 Å². The van der Waals surface area contributed by atoms with Crippen LogP contribution in [0, 0.1) is 13.8 Å². The van der Waals surface area contributed by atoms with Crippen LogP contribution in [0.4, 0.5) is 10.2 Å². The lowest BCUT2D eigenvalue weighted by atomic mass is 10.1. The number of carbonyl (C=O) groups excluding carboxylic acids is 1. The maximum Gasteiger partial charge on any atom is 0.264 e. The van der Waals surface area contributed by atoms with Gasteiger partial charge in [0.05, 0.1) is 23.4 Å². The first-order valence-electron chi connectivity index (χ1n) is 5.94. The summed E-state index contributed by atoms with van der Waals surface area (Å²) in [6.45, 7) is 3.93. The molecule has 5 nitrogen and oxygen atoms in total. The number of hydrogen-bond donors (Lipinski definition) is 1. The second-order valence-electron chi connectivity index (χ2n) is 4.70. The molecule has 100 valence electrons. The quantitative estimate of drug-likeness (QED) is 0.862. The molecule has 1 fully saturated rings. The zero-order valence-electron chi connectivity index (χ0n) is 10.6. The third kappa shape index (κ3) is 1.85. The number of anilines is 1. The van der Waals surface area contributed by atoms with Crippen molar-refractivity contribution in [1.29, 1.82) is 0 Å². The first kappa shape index (κ1) is 12.3. The molecule has 0 spiro atoms. The molecule has 0 aliphatic carbocycles. The van der Waals surface area contributed by atoms with Crippen LogP contribution in [0.1, 0.15) is 21.1 Å². The van der Waals surface area contributed by atoms with Gasteiger partial charge in [0.2, 0.25) is 0 Å². The number of nitrogen functional groups attached to an aromatic ring is 1. The van der Waals surface area contributed by atoms with Gasteiger partial charge in [0, 0.05) is 0 Å². The highest BCUT2D eigenvalue weighted by Gasteiger charge is 2.33. The van der Waals surface area contributed by atoms with E-state index in [9.17, 15) is 9.18 Å². The van der Waals surface area contributed by atoms with E-state index in [-0.39, 0.29) is 19.0 Å².